The first kappa shape index (κ1) is 15.4. The van der Waals surface area contributed by atoms with Gasteiger partial charge in [-0.3, -0.25) is 4.79 Å². The summed E-state index contributed by atoms with van der Waals surface area (Å²) >= 11 is 0. The van der Waals surface area contributed by atoms with Gasteiger partial charge in [0, 0.05) is 6.04 Å². The van der Waals surface area contributed by atoms with Crippen molar-refractivity contribution in [2.45, 2.75) is 71.9 Å². The fourth-order valence-corrected chi connectivity index (χ4v) is 1.74. The molecule has 0 aromatic heterocycles. The van der Waals surface area contributed by atoms with Crippen LogP contribution in [0.25, 0.3) is 0 Å². The predicted molar refractivity (Wildman–Crippen MR) is 67.5 cm³/mol. The second kappa shape index (κ2) is 9.64. The molecule has 3 heteroatoms. The van der Waals surface area contributed by atoms with Crippen molar-refractivity contribution < 1.29 is 9.53 Å². The van der Waals surface area contributed by atoms with E-state index in [0.717, 1.165) is 19.3 Å². The first-order valence-electron chi connectivity index (χ1n) is 6.58. The van der Waals surface area contributed by atoms with Crippen LogP contribution < -0.4 is 5.32 Å². The van der Waals surface area contributed by atoms with E-state index < -0.39 is 0 Å². The molecule has 16 heavy (non-hydrogen) atoms. The highest BCUT2D eigenvalue weighted by atomic mass is 16.5. The van der Waals surface area contributed by atoms with Gasteiger partial charge in [-0.25, -0.2) is 0 Å². The summed E-state index contributed by atoms with van der Waals surface area (Å²) in [5, 5.41) is 3.36. The molecule has 0 aromatic carbocycles. The van der Waals surface area contributed by atoms with Crippen LogP contribution in [-0.2, 0) is 9.53 Å². The van der Waals surface area contributed by atoms with Gasteiger partial charge >= 0.3 is 5.97 Å². The van der Waals surface area contributed by atoms with Crippen molar-refractivity contribution in [2.24, 2.45) is 0 Å². The number of hydrogen-bond donors (Lipinski definition) is 1. The molecule has 0 fully saturated rings. The van der Waals surface area contributed by atoms with E-state index in [1.54, 1.807) is 0 Å². The summed E-state index contributed by atoms with van der Waals surface area (Å²) in [6.07, 6.45) is 5.38. The fraction of sp³-hybridized carbons (Fsp3) is 0.923. The van der Waals surface area contributed by atoms with Gasteiger partial charge in [0.1, 0.15) is 6.04 Å². The van der Waals surface area contributed by atoms with Crippen LogP contribution in [0.15, 0.2) is 0 Å². The zero-order valence-electron chi connectivity index (χ0n) is 11.2. The lowest BCUT2D eigenvalue weighted by Gasteiger charge is -2.21. The summed E-state index contributed by atoms with van der Waals surface area (Å²) in [7, 11) is 0. The normalized spacial score (nSPS) is 14.5. The fourth-order valence-electron chi connectivity index (χ4n) is 1.74. The summed E-state index contributed by atoms with van der Waals surface area (Å²) in [5.41, 5.74) is 0. The monoisotopic (exact) mass is 229 g/mol. The molecule has 0 saturated carbocycles. The third kappa shape index (κ3) is 6.83. The lowest BCUT2D eigenvalue weighted by molar-refractivity contribution is -0.146. The molecule has 0 aliphatic heterocycles. The van der Waals surface area contributed by atoms with Gasteiger partial charge in [-0.1, -0.05) is 33.1 Å². The highest BCUT2D eigenvalue weighted by molar-refractivity contribution is 5.75. The Balaban J connectivity index is 4.04. The third-order valence-electron chi connectivity index (χ3n) is 2.62. The van der Waals surface area contributed by atoms with Crippen LogP contribution in [0.3, 0.4) is 0 Å². The van der Waals surface area contributed by atoms with Crippen molar-refractivity contribution in [3.05, 3.63) is 0 Å². The molecule has 2 unspecified atom stereocenters. The quantitative estimate of drug-likeness (QED) is 0.618. The van der Waals surface area contributed by atoms with Crippen LogP contribution in [0.2, 0.25) is 0 Å². The minimum atomic E-state index is -0.128. The zero-order chi connectivity index (χ0) is 12.4. The Labute approximate surface area is 99.9 Å². The predicted octanol–water partition coefficient (Wildman–Crippen LogP) is 2.89. The van der Waals surface area contributed by atoms with Crippen LogP contribution in [0.1, 0.15) is 59.8 Å². The van der Waals surface area contributed by atoms with Gasteiger partial charge in [-0.05, 0) is 26.7 Å². The highest BCUT2D eigenvalue weighted by Gasteiger charge is 2.20. The number of ether oxygens (including phenoxy) is 1. The molecule has 0 bridgehead atoms. The van der Waals surface area contributed by atoms with Crippen LogP contribution in [0.5, 0.6) is 0 Å². The Bertz CT molecular complexity index is 183. The summed E-state index contributed by atoms with van der Waals surface area (Å²) in [5.74, 6) is -0.104. The smallest absolute Gasteiger partial charge is 0.323 e. The Morgan fingerprint density at radius 1 is 1.19 bits per heavy atom. The number of rotatable bonds is 9. The number of carbonyl (C=O) groups excluding carboxylic acids is 1. The summed E-state index contributed by atoms with van der Waals surface area (Å²) in [6, 6.07) is 0.262. The Morgan fingerprint density at radius 3 is 2.38 bits per heavy atom. The van der Waals surface area contributed by atoms with Gasteiger partial charge < -0.3 is 10.1 Å². The Kier molecular flexibility index (Phi) is 9.30. The van der Waals surface area contributed by atoms with E-state index in [1.165, 1.54) is 12.8 Å². The molecule has 0 spiro atoms. The molecule has 3 nitrogen and oxygen atoms in total. The number of nitrogens with one attached hydrogen (secondary N) is 1. The summed E-state index contributed by atoms with van der Waals surface area (Å²) in [6.45, 7) is 8.72. The number of hydrogen-bond acceptors (Lipinski definition) is 3. The second-order valence-electron chi connectivity index (χ2n) is 4.30. The zero-order valence-corrected chi connectivity index (χ0v) is 11.2. The van der Waals surface area contributed by atoms with Gasteiger partial charge in [-0.2, -0.15) is 0 Å². The molecule has 0 amide bonds. The maximum Gasteiger partial charge on any atom is 0.323 e. The SMILES string of the molecule is CCCCC(C)NC(CCC)C(=O)OCC. The molecular weight excluding hydrogens is 202 g/mol. The van der Waals surface area contributed by atoms with Gasteiger partial charge in [0.25, 0.3) is 0 Å². The molecule has 0 heterocycles. The lowest BCUT2D eigenvalue weighted by Crippen LogP contribution is -2.43. The molecule has 0 rings (SSSR count). The van der Waals surface area contributed by atoms with Gasteiger partial charge in [-0.15, -0.1) is 0 Å². The topological polar surface area (TPSA) is 38.3 Å². The molecule has 0 aliphatic carbocycles. The Morgan fingerprint density at radius 2 is 1.88 bits per heavy atom. The van der Waals surface area contributed by atoms with Crippen LogP contribution in [0.4, 0.5) is 0 Å². The summed E-state index contributed by atoms with van der Waals surface area (Å²) in [4.78, 5) is 11.7. The molecule has 0 aliphatic rings. The Hall–Kier alpha value is -0.570. The van der Waals surface area contributed by atoms with Gasteiger partial charge in [0.15, 0.2) is 0 Å². The first-order chi connectivity index (χ1) is 7.65. The van der Waals surface area contributed by atoms with Crippen molar-refractivity contribution in [3.63, 3.8) is 0 Å². The lowest BCUT2D eigenvalue weighted by atomic mass is 10.1. The largest absolute Gasteiger partial charge is 0.465 e. The highest BCUT2D eigenvalue weighted by Crippen LogP contribution is 2.05. The van der Waals surface area contributed by atoms with Gasteiger partial charge in [0.05, 0.1) is 6.61 Å². The van der Waals surface area contributed by atoms with Crippen LogP contribution in [0, 0.1) is 0 Å². The van der Waals surface area contributed by atoms with E-state index in [2.05, 4.69) is 26.1 Å². The maximum absolute atomic E-state index is 11.7. The average Bonchev–Trinajstić information content (AvgIpc) is 2.26. The van der Waals surface area contributed by atoms with Crippen molar-refractivity contribution in [1.29, 1.82) is 0 Å². The van der Waals surface area contributed by atoms with Crippen molar-refractivity contribution >= 4 is 5.97 Å². The van der Waals surface area contributed by atoms with Crippen molar-refractivity contribution in [3.8, 4) is 0 Å². The maximum atomic E-state index is 11.7. The molecule has 1 N–H and O–H groups in total. The molecule has 96 valence electrons. The molecular formula is C13H27NO2. The van der Waals surface area contributed by atoms with E-state index in [9.17, 15) is 4.79 Å². The molecule has 0 aromatic rings. The number of carbonyl (C=O) groups is 1. The standard InChI is InChI=1S/C13H27NO2/c1-5-8-10-11(4)14-12(9-6-2)13(15)16-7-3/h11-12,14H,5-10H2,1-4H3. The van der Waals surface area contributed by atoms with Crippen molar-refractivity contribution in [1.82, 2.24) is 5.32 Å². The van der Waals surface area contributed by atoms with E-state index in [0.29, 0.717) is 12.6 Å². The average molecular weight is 229 g/mol. The van der Waals surface area contributed by atoms with E-state index in [1.807, 2.05) is 6.92 Å². The summed E-state index contributed by atoms with van der Waals surface area (Å²) < 4.78 is 5.06. The van der Waals surface area contributed by atoms with Crippen LogP contribution >= 0.6 is 0 Å². The third-order valence-corrected chi connectivity index (χ3v) is 2.62. The molecule has 0 radical (unpaired) electrons. The van der Waals surface area contributed by atoms with E-state index in [-0.39, 0.29) is 12.0 Å². The second-order valence-corrected chi connectivity index (χ2v) is 4.30. The minimum Gasteiger partial charge on any atom is -0.465 e. The molecule has 0 saturated heterocycles. The number of unbranched alkanes of at least 4 members (excludes halogenated alkanes) is 1. The van der Waals surface area contributed by atoms with Gasteiger partial charge in [0.2, 0.25) is 0 Å². The number of esters is 1. The minimum absolute atomic E-state index is 0.104. The first-order valence-corrected chi connectivity index (χ1v) is 6.58. The van der Waals surface area contributed by atoms with E-state index in [4.69, 9.17) is 4.74 Å². The van der Waals surface area contributed by atoms with Crippen LogP contribution in [-0.4, -0.2) is 24.7 Å². The molecule has 2 atom stereocenters. The van der Waals surface area contributed by atoms with E-state index >= 15 is 0 Å². The van der Waals surface area contributed by atoms with Crippen molar-refractivity contribution in [2.75, 3.05) is 6.61 Å².